The Morgan fingerprint density at radius 3 is 2.29 bits per heavy atom. The van der Waals surface area contributed by atoms with Gasteiger partial charge in [-0.1, -0.05) is 30.3 Å². The zero-order valence-corrected chi connectivity index (χ0v) is 19.7. The Bertz CT molecular complexity index is 1220. The average Bonchev–Trinajstić information content (AvgIpc) is 3.71. The van der Waals surface area contributed by atoms with Crippen LogP contribution in [0.15, 0.2) is 60.9 Å². The SMILES string of the molecule is Nc1ncnc(NCC2CCN(S(=O)(=O)C3CC3)CC2)c1-c1ccc(Oc2ccccc2)cc1. The topological polar surface area (TPSA) is 110 Å². The first-order chi connectivity index (χ1) is 16.5. The Kier molecular flexibility index (Phi) is 6.38. The third kappa shape index (κ3) is 5.00. The molecule has 3 N–H and O–H groups in total. The number of nitrogens with one attached hydrogen (secondary N) is 1. The van der Waals surface area contributed by atoms with Crippen LogP contribution >= 0.6 is 0 Å². The van der Waals surface area contributed by atoms with Crippen LogP contribution in [0.1, 0.15) is 25.7 Å². The molecule has 34 heavy (non-hydrogen) atoms. The summed E-state index contributed by atoms with van der Waals surface area (Å²) in [7, 11) is -3.09. The highest BCUT2D eigenvalue weighted by atomic mass is 32.2. The molecule has 2 heterocycles. The van der Waals surface area contributed by atoms with E-state index in [2.05, 4.69) is 15.3 Å². The lowest BCUT2D eigenvalue weighted by Gasteiger charge is -2.31. The number of aromatic nitrogens is 2. The van der Waals surface area contributed by atoms with Crippen LogP contribution in [0, 0.1) is 5.92 Å². The first kappa shape index (κ1) is 22.6. The van der Waals surface area contributed by atoms with Crippen molar-refractivity contribution in [2.24, 2.45) is 5.92 Å². The van der Waals surface area contributed by atoms with Crippen LogP contribution in [0.2, 0.25) is 0 Å². The van der Waals surface area contributed by atoms with Crippen molar-refractivity contribution in [1.29, 1.82) is 0 Å². The molecule has 1 saturated carbocycles. The molecule has 2 aliphatic rings. The Balaban J connectivity index is 1.23. The van der Waals surface area contributed by atoms with Gasteiger partial charge in [0.1, 0.15) is 29.5 Å². The quantitative estimate of drug-likeness (QED) is 0.500. The van der Waals surface area contributed by atoms with E-state index in [1.165, 1.54) is 6.33 Å². The lowest BCUT2D eigenvalue weighted by molar-refractivity contribution is 0.282. The number of nitrogens with two attached hydrogens (primary N) is 1. The maximum Gasteiger partial charge on any atom is 0.216 e. The van der Waals surface area contributed by atoms with Crippen molar-refractivity contribution in [2.45, 2.75) is 30.9 Å². The second-order valence-electron chi connectivity index (χ2n) is 8.89. The summed E-state index contributed by atoms with van der Waals surface area (Å²) in [6.07, 6.45) is 4.74. The molecule has 2 aromatic carbocycles. The fourth-order valence-electron chi connectivity index (χ4n) is 4.32. The van der Waals surface area contributed by atoms with Gasteiger partial charge in [0.05, 0.1) is 10.8 Å². The molecule has 3 aromatic rings. The number of anilines is 2. The standard InChI is InChI=1S/C25H29N5O3S/c26-24-23(19-6-8-21(9-7-19)33-20-4-2-1-3-5-20)25(29-17-28-24)27-16-18-12-14-30(15-13-18)34(31,32)22-10-11-22/h1-9,17-18,22H,10-16H2,(H3,26,27,28,29). The van der Waals surface area contributed by atoms with Gasteiger partial charge in [0.15, 0.2) is 0 Å². The molecule has 2 fully saturated rings. The predicted octanol–water partition coefficient (Wildman–Crippen LogP) is 4.13. The lowest BCUT2D eigenvalue weighted by atomic mass is 9.98. The van der Waals surface area contributed by atoms with E-state index in [0.717, 1.165) is 48.3 Å². The smallest absolute Gasteiger partial charge is 0.216 e. The summed E-state index contributed by atoms with van der Waals surface area (Å²) in [5.41, 5.74) is 7.88. The Morgan fingerprint density at radius 1 is 0.941 bits per heavy atom. The van der Waals surface area contributed by atoms with Crippen LogP contribution in [-0.2, 0) is 10.0 Å². The van der Waals surface area contributed by atoms with Crippen LogP contribution in [0.5, 0.6) is 11.5 Å². The summed E-state index contributed by atoms with van der Waals surface area (Å²) in [4.78, 5) is 8.62. The molecule has 1 aliphatic carbocycles. The molecule has 0 amide bonds. The highest BCUT2D eigenvalue weighted by molar-refractivity contribution is 7.90. The maximum atomic E-state index is 12.5. The first-order valence-electron chi connectivity index (χ1n) is 11.7. The van der Waals surface area contributed by atoms with Crippen LogP contribution < -0.4 is 15.8 Å². The van der Waals surface area contributed by atoms with Crippen LogP contribution in [0.25, 0.3) is 11.1 Å². The second-order valence-corrected chi connectivity index (χ2v) is 11.1. The van der Waals surface area contributed by atoms with Crippen LogP contribution in [-0.4, -0.2) is 47.6 Å². The number of hydrogen-bond donors (Lipinski definition) is 2. The highest BCUT2D eigenvalue weighted by Crippen LogP contribution is 2.35. The van der Waals surface area contributed by atoms with E-state index in [1.54, 1.807) is 4.31 Å². The molecule has 1 aliphatic heterocycles. The van der Waals surface area contributed by atoms with Crippen molar-refractivity contribution < 1.29 is 13.2 Å². The number of hydrogen-bond acceptors (Lipinski definition) is 7. The molecule has 0 bridgehead atoms. The first-order valence-corrected chi connectivity index (χ1v) is 13.2. The minimum atomic E-state index is -3.09. The minimum absolute atomic E-state index is 0.141. The van der Waals surface area contributed by atoms with Gasteiger partial charge < -0.3 is 15.8 Å². The van der Waals surface area contributed by atoms with Gasteiger partial charge in [-0.3, -0.25) is 0 Å². The molecule has 9 heteroatoms. The lowest BCUT2D eigenvalue weighted by Crippen LogP contribution is -2.41. The fraction of sp³-hybridized carbons (Fsp3) is 0.360. The number of piperidine rings is 1. The van der Waals surface area contributed by atoms with Gasteiger partial charge in [-0.15, -0.1) is 0 Å². The van der Waals surface area contributed by atoms with Gasteiger partial charge in [0.2, 0.25) is 10.0 Å². The van der Waals surface area contributed by atoms with Crippen LogP contribution in [0.4, 0.5) is 11.6 Å². The number of nitrogens with zero attached hydrogens (tertiary/aromatic N) is 3. The normalized spacial score (nSPS) is 17.4. The van der Waals surface area contributed by atoms with Crippen molar-refractivity contribution in [3.63, 3.8) is 0 Å². The molecule has 0 radical (unpaired) electrons. The molecule has 5 rings (SSSR count). The predicted molar refractivity (Wildman–Crippen MR) is 133 cm³/mol. The average molecular weight is 480 g/mol. The van der Waals surface area contributed by atoms with Crippen molar-refractivity contribution in [1.82, 2.24) is 14.3 Å². The van der Waals surface area contributed by atoms with Gasteiger partial charge in [0.25, 0.3) is 0 Å². The van der Waals surface area contributed by atoms with Gasteiger partial charge in [0, 0.05) is 19.6 Å². The number of benzene rings is 2. The summed E-state index contributed by atoms with van der Waals surface area (Å²) >= 11 is 0. The highest BCUT2D eigenvalue weighted by Gasteiger charge is 2.41. The molecule has 0 spiro atoms. The zero-order valence-electron chi connectivity index (χ0n) is 18.9. The number of sulfonamides is 1. The monoisotopic (exact) mass is 479 g/mol. The van der Waals surface area contributed by atoms with E-state index >= 15 is 0 Å². The summed E-state index contributed by atoms with van der Waals surface area (Å²) < 4.78 is 32.5. The van der Waals surface area contributed by atoms with Crippen molar-refractivity contribution in [3.8, 4) is 22.6 Å². The molecule has 178 valence electrons. The largest absolute Gasteiger partial charge is 0.457 e. The molecule has 0 atom stereocenters. The molecular formula is C25H29N5O3S. The molecule has 1 saturated heterocycles. The minimum Gasteiger partial charge on any atom is -0.457 e. The summed E-state index contributed by atoms with van der Waals surface area (Å²) in [6.45, 7) is 1.88. The van der Waals surface area contributed by atoms with Crippen molar-refractivity contribution >= 4 is 21.7 Å². The van der Waals surface area contributed by atoms with E-state index in [0.29, 0.717) is 37.2 Å². The van der Waals surface area contributed by atoms with E-state index in [4.69, 9.17) is 10.5 Å². The molecule has 8 nitrogen and oxygen atoms in total. The molecular weight excluding hydrogens is 450 g/mol. The Hall–Kier alpha value is -3.17. The third-order valence-electron chi connectivity index (χ3n) is 6.44. The summed E-state index contributed by atoms with van der Waals surface area (Å²) in [5, 5.41) is 3.29. The van der Waals surface area contributed by atoms with E-state index < -0.39 is 10.0 Å². The third-order valence-corrected chi connectivity index (χ3v) is 8.83. The number of para-hydroxylation sites is 1. The fourth-order valence-corrected chi connectivity index (χ4v) is 6.19. The van der Waals surface area contributed by atoms with Crippen molar-refractivity contribution in [2.75, 3.05) is 30.7 Å². The van der Waals surface area contributed by atoms with Gasteiger partial charge in [-0.2, -0.15) is 0 Å². The van der Waals surface area contributed by atoms with Crippen LogP contribution in [0.3, 0.4) is 0 Å². The van der Waals surface area contributed by atoms with E-state index in [-0.39, 0.29) is 5.25 Å². The zero-order chi connectivity index (χ0) is 23.5. The molecule has 1 aromatic heterocycles. The van der Waals surface area contributed by atoms with Gasteiger partial charge in [-0.05, 0) is 61.4 Å². The van der Waals surface area contributed by atoms with Gasteiger partial charge in [-0.25, -0.2) is 22.7 Å². The number of nitrogen functional groups attached to an aromatic ring is 1. The summed E-state index contributed by atoms with van der Waals surface area (Å²) in [6, 6.07) is 17.3. The van der Waals surface area contributed by atoms with Gasteiger partial charge >= 0.3 is 0 Å². The number of rotatable bonds is 8. The maximum absolute atomic E-state index is 12.5. The Morgan fingerprint density at radius 2 is 1.62 bits per heavy atom. The second kappa shape index (κ2) is 9.60. The summed E-state index contributed by atoms with van der Waals surface area (Å²) in [5.74, 6) is 2.96. The van der Waals surface area contributed by atoms with E-state index in [1.807, 2.05) is 54.6 Å². The molecule has 0 unspecified atom stereocenters. The Labute approximate surface area is 200 Å². The van der Waals surface area contributed by atoms with Crippen molar-refractivity contribution in [3.05, 3.63) is 60.9 Å². The van der Waals surface area contributed by atoms with E-state index in [9.17, 15) is 8.42 Å². The number of ether oxygens (including phenoxy) is 1.